The molecule has 134 valence electrons. The maximum Gasteiger partial charge on any atom is 0.303 e. The van der Waals surface area contributed by atoms with Crippen LogP contribution in [0.15, 0.2) is 24.3 Å². The van der Waals surface area contributed by atoms with Crippen molar-refractivity contribution in [3.05, 3.63) is 29.8 Å². The zero-order valence-corrected chi connectivity index (χ0v) is 14.3. The smallest absolute Gasteiger partial charge is 0.303 e. The molecule has 0 unspecified atom stereocenters. The number of carboxylic acid groups (broad SMARTS) is 1. The summed E-state index contributed by atoms with van der Waals surface area (Å²) < 4.78 is 0. The van der Waals surface area contributed by atoms with Gasteiger partial charge in [0.2, 0.25) is 5.91 Å². The molecule has 2 aliphatic heterocycles. The Balaban J connectivity index is 1.70. The Hall–Kier alpha value is -2.37. The van der Waals surface area contributed by atoms with Crippen molar-refractivity contribution < 1.29 is 19.5 Å². The lowest BCUT2D eigenvalue weighted by Gasteiger charge is -2.35. The lowest BCUT2D eigenvalue weighted by molar-refractivity contribution is -0.137. The molecule has 0 spiro atoms. The molecule has 1 N–H and O–H groups in total. The van der Waals surface area contributed by atoms with E-state index in [9.17, 15) is 14.4 Å². The van der Waals surface area contributed by atoms with Gasteiger partial charge in [0.1, 0.15) is 0 Å². The first kappa shape index (κ1) is 17.5. The van der Waals surface area contributed by atoms with Gasteiger partial charge in [0.25, 0.3) is 5.91 Å². The SMILES string of the molecule is O=C(O)CC[C@@H]1CCCCN1C(=O)c1ccc(N2CCCC2=O)cc1. The van der Waals surface area contributed by atoms with E-state index in [-0.39, 0.29) is 24.3 Å². The van der Waals surface area contributed by atoms with E-state index in [2.05, 4.69) is 0 Å². The van der Waals surface area contributed by atoms with Crippen LogP contribution in [0.25, 0.3) is 0 Å². The van der Waals surface area contributed by atoms with Crippen molar-refractivity contribution >= 4 is 23.5 Å². The predicted molar refractivity (Wildman–Crippen MR) is 93.6 cm³/mol. The van der Waals surface area contributed by atoms with Crippen LogP contribution in [0.5, 0.6) is 0 Å². The molecule has 1 aromatic rings. The number of aliphatic carboxylic acids is 1. The number of carboxylic acids is 1. The fraction of sp³-hybridized carbons (Fsp3) is 0.526. The molecule has 3 rings (SSSR count). The summed E-state index contributed by atoms with van der Waals surface area (Å²) in [4.78, 5) is 39.1. The second kappa shape index (κ2) is 7.68. The van der Waals surface area contributed by atoms with Crippen molar-refractivity contribution in [1.82, 2.24) is 4.90 Å². The van der Waals surface area contributed by atoms with Crippen LogP contribution in [-0.4, -0.2) is 46.9 Å². The van der Waals surface area contributed by atoms with Gasteiger partial charge in [0.05, 0.1) is 0 Å². The summed E-state index contributed by atoms with van der Waals surface area (Å²) in [7, 11) is 0. The van der Waals surface area contributed by atoms with Crippen molar-refractivity contribution in [2.24, 2.45) is 0 Å². The third-order valence-electron chi connectivity index (χ3n) is 5.08. The number of anilines is 1. The van der Waals surface area contributed by atoms with Gasteiger partial charge in [-0.1, -0.05) is 0 Å². The van der Waals surface area contributed by atoms with Crippen LogP contribution in [0, 0.1) is 0 Å². The first-order valence-corrected chi connectivity index (χ1v) is 8.99. The first-order chi connectivity index (χ1) is 12.1. The quantitative estimate of drug-likeness (QED) is 0.891. The summed E-state index contributed by atoms with van der Waals surface area (Å²) in [6.07, 6.45) is 4.89. The Bertz CT molecular complexity index is 656. The monoisotopic (exact) mass is 344 g/mol. The molecule has 2 fully saturated rings. The summed E-state index contributed by atoms with van der Waals surface area (Å²) >= 11 is 0. The highest BCUT2D eigenvalue weighted by Crippen LogP contribution is 2.25. The fourth-order valence-electron chi connectivity index (χ4n) is 3.73. The Morgan fingerprint density at radius 2 is 1.84 bits per heavy atom. The number of carbonyl (C=O) groups is 3. The zero-order valence-electron chi connectivity index (χ0n) is 14.3. The zero-order chi connectivity index (χ0) is 17.8. The normalized spacial score (nSPS) is 20.8. The van der Waals surface area contributed by atoms with Crippen LogP contribution in [0.4, 0.5) is 5.69 Å². The minimum absolute atomic E-state index is 0.00261. The van der Waals surface area contributed by atoms with E-state index in [1.165, 1.54) is 0 Å². The Morgan fingerprint density at radius 3 is 2.48 bits per heavy atom. The van der Waals surface area contributed by atoms with E-state index >= 15 is 0 Å². The molecule has 6 nitrogen and oxygen atoms in total. The van der Waals surface area contributed by atoms with Gasteiger partial charge in [0, 0.05) is 43.2 Å². The number of hydrogen-bond donors (Lipinski definition) is 1. The number of piperidine rings is 1. The van der Waals surface area contributed by atoms with Crippen molar-refractivity contribution in [3.8, 4) is 0 Å². The summed E-state index contributed by atoms with van der Waals surface area (Å²) in [5.41, 5.74) is 1.43. The van der Waals surface area contributed by atoms with Crippen molar-refractivity contribution in [1.29, 1.82) is 0 Å². The van der Waals surface area contributed by atoms with Crippen molar-refractivity contribution in [2.75, 3.05) is 18.0 Å². The molecule has 2 saturated heterocycles. The van der Waals surface area contributed by atoms with E-state index in [1.54, 1.807) is 17.0 Å². The van der Waals surface area contributed by atoms with E-state index in [0.29, 0.717) is 24.9 Å². The largest absolute Gasteiger partial charge is 0.481 e. The number of amides is 2. The molecule has 2 heterocycles. The molecule has 0 bridgehead atoms. The van der Waals surface area contributed by atoms with E-state index in [0.717, 1.165) is 37.9 Å². The third-order valence-corrected chi connectivity index (χ3v) is 5.08. The highest BCUT2D eigenvalue weighted by molar-refractivity contribution is 5.97. The molecule has 0 saturated carbocycles. The van der Waals surface area contributed by atoms with Gasteiger partial charge in [-0.15, -0.1) is 0 Å². The maximum atomic E-state index is 12.8. The van der Waals surface area contributed by atoms with Gasteiger partial charge in [-0.25, -0.2) is 0 Å². The summed E-state index contributed by atoms with van der Waals surface area (Å²) in [6, 6.07) is 7.19. The molecule has 6 heteroatoms. The topological polar surface area (TPSA) is 77.9 Å². The highest BCUT2D eigenvalue weighted by atomic mass is 16.4. The number of likely N-dealkylation sites (tertiary alicyclic amines) is 1. The summed E-state index contributed by atoms with van der Waals surface area (Å²) in [6.45, 7) is 1.41. The molecular formula is C19H24N2O4. The van der Waals surface area contributed by atoms with Crippen LogP contribution in [0.2, 0.25) is 0 Å². The van der Waals surface area contributed by atoms with Crippen LogP contribution in [0.1, 0.15) is 55.3 Å². The lowest BCUT2D eigenvalue weighted by atomic mass is 9.97. The van der Waals surface area contributed by atoms with Gasteiger partial charge in [-0.05, 0) is 56.4 Å². The summed E-state index contributed by atoms with van der Waals surface area (Å²) in [5, 5.41) is 8.91. The molecule has 0 radical (unpaired) electrons. The Morgan fingerprint density at radius 1 is 1.08 bits per heavy atom. The second-order valence-corrected chi connectivity index (χ2v) is 6.78. The second-order valence-electron chi connectivity index (χ2n) is 6.78. The standard InChI is InChI=1S/C19H24N2O4/c22-17-5-3-13-20(17)16-8-6-14(7-9-16)19(25)21-12-2-1-4-15(21)10-11-18(23)24/h6-9,15H,1-5,10-13H2,(H,23,24)/t15-/m0/s1. The molecular weight excluding hydrogens is 320 g/mol. The highest BCUT2D eigenvalue weighted by Gasteiger charge is 2.28. The molecule has 25 heavy (non-hydrogen) atoms. The van der Waals surface area contributed by atoms with E-state index in [1.807, 2.05) is 17.0 Å². The molecule has 0 aromatic heterocycles. The maximum absolute atomic E-state index is 12.8. The van der Waals surface area contributed by atoms with Gasteiger partial charge in [0.15, 0.2) is 0 Å². The number of benzene rings is 1. The number of rotatable bonds is 5. The molecule has 2 amide bonds. The number of nitrogens with zero attached hydrogens (tertiary/aromatic N) is 2. The first-order valence-electron chi connectivity index (χ1n) is 8.99. The van der Waals surface area contributed by atoms with Gasteiger partial charge < -0.3 is 14.9 Å². The Labute approximate surface area is 147 Å². The molecule has 1 aromatic carbocycles. The third kappa shape index (κ3) is 4.00. The van der Waals surface area contributed by atoms with Crippen LogP contribution in [0.3, 0.4) is 0 Å². The van der Waals surface area contributed by atoms with Crippen LogP contribution in [-0.2, 0) is 9.59 Å². The van der Waals surface area contributed by atoms with Gasteiger partial charge in [-0.3, -0.25) is 14.4 Å². The number of carbonyl (C=O) groups excluding carboxylic acids is 2. The average Bonchev–Trinajstić information content (AvgIpc) is 3.06. The van der Waals surface area contributed by atoms with E-state index in [4.69, 9.17) is 5.11 Å². The molecule has 2 aliphatic rings. The lowest BCUT2D eigenvalue weighted by Crippen LogP contribution is -2.44. The minimum Gasteiger partial charge on any atom is -0.481 e. The molecule has 1 atom stereocenters. The van der Waals surface area contributed by atoms with Gasteiger partial charge >= 0.3 is 5.97 Å². The Kier molecular flexibility index (Phi) is 5.36. The predicted octanol–water partition coefficient (Wildman–Crippen LogP) is 2.67. The van der Waals surface area contributed by atoms with Crippen LogP contribution >= 0.6 is 0 Å². The minimum atomic E-state index is -0.822. The fourth-order valence-corrected chi connectivity index (χ4v) is 3.73. The number of hydrogen-bond acceptors (Lipinski definition) is 3. The average molecular weight is 344 g/mol. The van der Waals surface area contributed by atoms with Gasteiger partial charge in [-0.2, -0.15) is 0 Å². The molecule has 0 aliphatic carbocycles. The van der Waals surface area contributed by atoms with E-state index < -0.39 is 5.97 Å². The van der Waals surface area contributed by atoms with Crippen molar-refractivity contribution in [2.45, 2.75) is 51.0 Å². The van der Waals surface area contributed by atoms with Crippen LogP contribution < -0.4 is 4.90 Å². The van der Waals surface area contributed by atoms with Crippen molar-refractivity contribution in [3.63, 3.8) is 0 Å². The summed E-state index contributed by atoms with van der Waals surface area (Å²) in [5.74, 6) is -0.740.